The Bertz CT molecular complexity index is 192. The maximum absolute atomic E-state index is 3.15. The molecule has 0 aromatic heterocycles. The summed E-state index contributed by atoms with van der Waals surface area (Å²) in [7, 11) is 0. The fraction of sp³-hybridized carbons (Fsp3) is 0.667. The van der Waals surface area contributed by atoms with E-state index in [0.717, 1.165) is 32.1 Å². The second-order valence-corrected chi connectivity index (χ2v) is 2.66. The molecule has 0 heteroatoms. The zero-order valence-corrected chi connectivity index (χ0v) is 8.24. The average molecular weight is 162 g/mol. The highest BCUT2D eigenvalue weighted by Gasteiger charge is 1.78. The Kier molecular flexibility index (Phi) is 9.38. The van der Waals surface area contributed by atoms with E-state index < -0.39 is 0 Å². The maximum Gasteiger partial charge on any atom is 0.00977 e. The van der Waals surface area contributed by atoms with Crippen molar-refractivity contribution in [2.45, 2.75) is 52.4 Å². The van der Waals surface area contributed by atoms with Crippen molar-refractivity contribution in [1.82, 2.24) is 0 Å². The molecular weight excluding hydrogens is 144 g/mol. The van der Waals surface area contributed by atoms with Crippen LogP contribution in [0.25, 0.3) is 0 Å². The van der Waals surface area contributed by atoms with E-state index in [1.54, 1.807) is 0 Å². The van der Waals surface area contributed by atoms with E-state index in [1.807, 2.05) is 0 Å². The summed E-state index contributed by atoms with van der Waals surface area (Å²) in [6.07, 6.45) is 6.33. The molecule has 12 heavy (non-hydrogen) atoms. The van der Waals surface area contributed by atoms with Gasteiger partial charge in [0.1, 0.15) is 0 Å². The van der Waals surface area contributed by atoms with Crippen LogP contribution in [0.4, 0.5) is 0 Å². The molecule has 0 amide bonds. The zero-order chi connectivity index (χ0) is 9.07. The van der Waals surface area contributed by atoms with Crippen LogP contribution in [0, 0.1) is 23.7 Å². The molecule has 0 N–H and O–H groups in total. The second kappa shape index (κ2) is 10.1. The third-order valence-corrected chi connectivity index (χ3v) is 1.41. The van der Waals surface area contributed by atoms with Crippen LogP contribution in [0.5, 0.6) is 0 Å². The van der Waals surface area contributed by atoms with E-state index >= 15 is 0 Å². The highest BCUT2D eigenvalue weighted by Crippen LogP contribution is 1.92. The largest absolute Gasteiger partial charge is 0.104 e. The third-order valence-electron chi connectivity index (χ3n) is 1.41. The first-order valence-electron chi connectivity index (χ1n) is 4.83. The molecule has 0 nitrogen and oxygen atoms in total. The Labute approximate surface area is 76.8 Å². The summed E-state index contributed by atoms with van der Waals surface area (Å²) < 4.78 is 0. The molecule has 0 aliphatic rings. The van der Waals surface area contributed by atoms with E-state index in [2.05, 4.69) is 37.5 Å². The van der Waals surface area contributed by atoms with Crippen molar-refractivity contribution in [3.63, 3.8) is 0 Å². The van der Waals surface area contributed by atoms with Crippen LogP contribution in [0.3, 0.4) is 0 Å². The van der Waals surface area contributed by atoms with Gasteiger partial charge in [0.25, 0.3) is 0 Å². The lowest BCUT2D eigenvalue weighted by molar-refractivity contribution is 0.898. The first kappa shape index (κ1) is 11.1. The number of unbranched alkanes of at least 4 members (excludes halogenated alkanes) is 3. The van der Waals surface area contributed by atoms with Crippen molar-refractivity contribution < 1.29 is 0 Å². The van der Waals surface area contributed by atoms with Gasteiger partial charge in [0.15, 0.2) is 0 Å². The van der Waals surface area contributed by atoms with Crippen molar-refractivity contribution in [2.75, 3.05) is 0 Å². The summed E-state index contributed by atoms with van der Waals surface area (Å²) in [5, 5.41) is 0. The van der Waals surface area contributed by atoms with Crippen molar-refractivity contribution in [1.29, 1.82) is 0 Å². The molecule has 0 atom stereocenters. The van der Waals surface area contributed by atoms with Crippen LogP contribution in [-0.4, -0.2) is 0 Å². The molecule has 0 unspecified atom stereocenters. The molecule has 0 aromatic carbocycles. The minimum absolute atomic E-state index is 0.974. The standard InChI is InChI=1S/C12H18/c1-3-5-7-9-11-12-10-8-6-4-2/h3-5,10-12H2,1-2H3. The van der Waals surface area contributed by atoms with Gasteiger partial charge in [0.05, 0.1) is 0 Å². The minimum Gasteiger partial charge on any atom is -0.104 e. The molecule has 0 heterocycles. The quantitative estimate of drug-likeness (QED) is 0.441. The van der Waals surface area contributed by atoms with Gasteiger partial charge in [0.2, 0.25) is 0 Å². The van der Waals surface area contributed by atoms with Crippen LogP contribution >= 0.6 is 0 Å². The summed E-state index contributed by atoms with van der Waals surface area (Å²) in [6, 6.07) is 0. The second-order valence-electron chi connectivity index (χ2n) is 2.66. The Balaban J connectivity index is 3.17. The molecule has 0 spiro atoms. The molecular formula is C12H18. The zero-order valence-electron chi connectivity index (χ0n) is 8.24. The van der Waals surface area contributed by atoms with Crippen LogP contribution < -0.4 is 0 Å². The lowest BCUT2D eigenvalue weighted by atomic mass is 10.2. The van der Waals surface area contributed by atoms with Gasteiger partial charge in [-0.2, -0.15) is 0 Å². The van der Waals surface area contributed by atoms with Crippen molar-refractivity contribution in [2.24, 2.45) is 0 Å². The van der Waals surface area contributed by atoms with Gasteiger partial charge in [-0.15, -0.1) is 23.7 Å². The molecule has 0 aromatic rings. The van der Waals surface area contributed by atoms with E-state index in [1.165, 1.54) is 6.42 Å². The fourth-order valence-corrected chi connectivity index (χ4v) is 0.780. The molecule has 0 fully saturated rings. The first-order valence-corrected chi connectivity index (χ1v) is 4.83. The summed E-state index contributed by atoms with van der Waals surface area (Å²) in [5.41, 5.74) is 0. The lowest BCUT2D eigenvalue weighted by Gasteiger charge is -1.84. The predicted octanol–water partition coefficient (Wildman–Crippen LogP) is 3.37. The van der Waals surface area contributed by atoms with Gasteiger partial charge < -0.3 is 0 Å². The molecule has 0 saturated carbocycles. The Morgan fingerprint density at radius 2 is 1.33 bits per heavy atom. The minimum atomic E-state index is 0.974. The molecule has 66 valence electrons. The molecule has 0 radical (unpaired) electrons. The molecule has 0 aliphatic heterocycles. The Morgan fingerprint density at radius 3 is 1.92 bits per heavy atom. The number of hydrogen-bond donors (Lipinski definition) is 0. The average Bonchev–Trinajstić information content (AvgIpc) is 2.10. The van der Waals surface area contributed by atoms with Gasteiger partial charge in [-0.3, -0.25) is 0 Å². The van der Waals surface area contributed by atoms with E-state index in [-0.39, 0.29) is 0 Å². The number of hydrogen-bond acceptors (Lipinski definition) is 0. The van der Waals surface area contributed by atoms with Crippen LogP contribution in [0.2, 0.25) is 0 Å². The Hall–Kier alpha value is -0.880. The van der Waals surface area contributed by atoms with Gasteiger partial charge in [0, 0.05) is 25.7 Å². The van der Waals surface area contributed by atoms with E-state index in [9.17, 15) is 0 Å². The van der Waals surface area contributed by atoms with Crippen molar-refractivity contribution in [3.05, 3.63) is 0 Å². The highest BCUT2D eigenvalue weighted by molar-refractivity contribution is 5.01. The van der Waals surface area contributed by atoms with Crippen LogP contribution in [0.15, 0.2) is 0 Å². The third kappa shape index (κ3) is 9.12. The topological polar surface area (TPSA) is 0 Å². The molecule has 0 aliphatic carbocycles. The van der Waals surface area contributed by atoms with Crippen LogP contribution in [0.1, 0.15) is 52.4 Å². The summed E-state index contributed by atoms with van der Waals surface area (Å²) in [5.74, 6) is 12.4. The van der Waals surface area contributed by atoms with E-state index in [4.69, 9.17) is 0 Å². The van der Waals surface area contributed by atoms with Crippen molar-refractivity contribution >= 4 is 0 Å². The highest BCUT2D eigenvalue weighted by atomic mass is 13.8. The number of rotatable bonds is 3. The fourth-order valence-electron chi connectivity index (χ4n) is 0.780. The summed E-state index contributed by atoms with van der Waals surface area (Å²) in [4.78, 5) is 0. The maximum atomic E-state index is 3.15. The van der Waals surface area contributed by atoms with Crippen LogP contribution in [-0.2, 0) is 0 Å². The molecule has 0 bridgehead atoms. The van der Waals surface area contributed by atoms with Gasteiger partial charge in [-0.1, -0.05) is 13.8 Å². The molecule has 0 saturated heterocycles. The van der Waals surface area contributed by atoms with Gasteiger partial charge >= 0.3 is 0 Å². The van der Waals surface area contributed by atoms with E-state index in [0.29, 0.717) is 0 Å². The normalized spacial score (nSPS) is 7.83. The van der Waals surface area contributed by atoms with Gasteiger partial charge in [-0.05, 0) is 12.8 Å². The summed E-state index contributed by atoms with van der Waals surface area (Å²) in [6.45, 7) is 4.23. The van der Waals surface area contributed by atoms with Gasteiger partial charge in [-0.25, -0.2) is 0 Å². The Morgan fingerprint density at radius 1 is 0.750 bits per heavy atom. The lowest BCUT2D eigenvalue weighted by Crippen LogP contribution is -1.70. The smallest absolute Gasteiger partial charge is 0.00977 e. The SMILES string of the molecule is CCC#CCCCC#CCCC. The summed E-state index contributed by atoms with van der Waals surface area (Å²) >= 11 is 0. The first-order chi connectivity index (χ1) is 5.91. The predicted molar refractivity (Wildman–Crippen MR) is 54.6 cm³/mol. The molecule has 0 rings (SSSR count). The van der Waals surface area contributed by atoms with Crippen molar-refractivity contribution in [3.8, 4) is 23.7 Å². The monoisotopic (exact) mass is 162 g/mol.